The lowest BCUT2D eigenvalue weighted by atomic mass is 9.82. The van der Waals surface area contributed by atoms with E-state index in [0.29, 0.717) is 22.5 Å². The number of halogens is 1. The molecule has 1 aliphatic rings. The molecule has 0 radical (unpaired) electrons. The van der Waals surface area contributed by atoms with Crippen molar-refractivity contribution in [1.82, 2.24) is 0 Å². The number of ether oxygens (including phenoxy) is 2. The van der Waals surface area contributed by atoms with Crippen molar-refractivity contribution in [3.05, 3.63) is 112 Å². The molecule has 0 aliphatic heterocycles. The molecule has 2 N–H and O–H groups in total. The molecule has 0 unspecified atom stereocenters. The third-order valence-corrected chi connectivity index (χ3v) is 6.36. The first-order valence-electron chi connectivity index (χ1n) is 12.2. The molecule has 5 rings (SSSR count). The maximum atomic E-state index is 16.5. The number of nitriles is 2. The number of rotatable bonds is 8. The number of nitrogens with zero attached hydrogens (tertiary/aromatic N) is 2. The van der Waals surface area contributed by atoms with Gasteiger partial charge < -0.3 is 20.1 Å². The van der Waals surface area contributed by atoms with Crippen molar-refractivity contribution in [2.24, 2.45) is 0 Å². The van der Waals surface area contributed by atoms with Crippen LogP contribution < -0.4 is 15.4 Å². The van der Waals surface area contributed by atoms with Gasteiger partial charge in [-0.2, -0.15) is 10.5 Å². The highest BCUT2D eigenvalue weighted by molar-refractivity contribution is 6.30. The van der Waals surface area contributed by atoms with Gasteiger partial charge in [0, 0.05) is 29.6 Å². The topological polar surface area (TPSA) is 124 Å². The highest BCUT2D eigenvalue weighted by Gasteiger charge is 2.39. The molecule has 0 atom stereocenters. The first-order chi connectivity index (χ1) is 19.5. The lowest BCUT2D eigenvalue weighted by Gasteiger charge is -2.26. The highest BCUT2D eigenvalue weighted by Crippen LogP contribution is 2.47. The van der Waals surface area contributed by atoms with Gasteiger partial charge in [0.2, 0.25) is 0 Å². The van der Waals surface area contributed by atoms with Gasteiger partial charge in [-0.15, -0.1) is 0 Å². The Kier molecular flexibility index (Phi) is 7.23. The molecule has 40 heavy (non-hydrogen) atoms. The summed E-state index contributed by atoms with van der Waals surface area (Å²) in [5, 5.41) is 24.5. The van der Waals surface area contributed by atoms with E-state index in [9.17, 15) is 14.9 Å². The van der Waals surface area contributed by atoms with Crippen molar-refractivity contribution in [3.63, 3.8) is 0 Å². The van der Waals surface area contributed by atoms with Crippen LogP contribution in [-0.4, -0.2) is 31.9 Å². The summed E-state index contributed by atoms with van der Waals surface area (Å²) in [4.78, 5) is 27.3. The smallest absolute Gasteiger partial charge is 0.198 e. The quantitative estimate of drug-likeness (QED) is 0.238. The molecule has 196 valence electrons. The minimum Gasteiger partial charge on any atom is -0.488 e. The van der Waals surface area contributed by atoms with Crippen LogP contribution in [0.3, 0.4) is 0 Å². The number of nitrogens with one attached hydrogen (secondary N) is 2. The molecule has 9 heteroatoms. The molecule has 0 fully saturated rings. The molecule has 8 nitrogen and oxygen atoms in total. The number of hydrogen-bond donors (Lipinski definition) is 2. The zero-order chi connectivity index (χ0) is 28.2. The molecule has 0 amide bonds. The van der Waals surface area contributed by atoms with Crippen LogP contribution in [0, 0.1) is 28.5 Å². The van der Waals surface area contributed by atoms with E-state index in [0.717, 1.165) is 0 Å². The van der Waals surface area contributed by atoms with E-state index in [1.54, 1.807) is 60.7 Å². The fourth-order valence-corrected chi connectivity index (χ4v) is 4.43. The van der Waals surface area contributed by atoms with E-state index in [2.05, 4.69) is 10.6 Å². The minimum atomic E-state index is -0.942. The summed E-state index contributed by atoms with van der Waals surface area (Å²) in [6.07, 6.45) is 0. The number of ketones is 2. The van der Waals surface area contributed by atoms with Crippen molar-refractivity contribution in [2.45, 2.75) is 0 Å². The average Bonchev–Trinajstić information content (AvgIpc) is 2.99. The second-order valence-electron chi connectivity index (χ2n) is 8.82. The highest BCUT2D eigenvalue weighted by atomic mass is 19.1. The lowest BCUT2D eigenvalue weighted by molar-refractivity contribution is 0.0969. The summed E-state index contributed by atoms with van der Waals surface area (Å²) < 4.78 is 27.7. The normalized spacial score (nSPS) is 11.6. The van der Waals surface area contributed by atoms with E-state index in [1.165, 1.54) is 19.2 Å². The van der Waals surface area contributed by atoms with Crippen molar-refractivity contribution in [1.29, 1.82) is 10.5 Å². The van der Waals surface area contributed by atoms with Gasteiger partial charge in [-0.1, -0.05) is 24.3 Å². The Morgan fingerprint density at radius 3 is 1.73 bits per heavy atom. The van der Waals surface area contributed by atoms with Crippen molar-refractivity contribution in [3.8, 4) is 17.9 Å². The SMILES string of the molecule is COCCOc1c(Nc2ccc(C#N)cc2)c(Nc2ccc(C#N)cc2)c(F)c2c1C(=O)c1ccccc1C2=O. The molecule has 0 aromatic heterocycles. The molecule has 4 aromatic rings. The second-order valence-corrected chi connectivity index (χ2v) is 8.82. The monoisotopic (exact) mass is 532 g/mol. The summed E-state index contributed by atoms with van der Waals surface area (Å²) in [6.45, 7) is 0.176. The Morgan fingerprint density at radius 2 is 1.23 bits per heavy atom. The van der Waals surface area contributed by atoms with Crippen LogP contribution in [0.25, 0.3) is 0 Å². The van der Waals surface area contributed by atoms with Crippen LogP contribution in [0.15, 0.2) is 72.8 Å². The van der Waals surface area contributed by atoms with Crippen molar-refractivity contribution in [2.75, 3.05) is 31.0 Å². The molecule has 4 aromatic carbocycles. The maximum absolute atomic E-state index is 16.5. The van der Waals surface area contributed by atoms with E-state index in [4.69, 9.17) is 14.7 Å². The number of fused-ring (bicyclic) bond motifs is 2. The largest absolute Gasteiger partial charge is 0.488 e. The number of methoxy groups -OCH3 is 1. The first kappa shape index (κ1) is 26.1. The third-order valence-electron chi connectivity index (χ3n) is 6.36. The molecule has 0 saturated heterocycles. The van der Waals surface area contributed by atoms with Gasteiger partial charge in [-0.25, -0.2) is 4.39 Å². The maximum Gasteiger partial charge on any atom is 0.198 e. The van der Waals surface area contributed by atoms with Crippen LogP contribution >= 0.6 is 0 Å². The Balaban J connectivity index is 1.76. The fraction of sp³-hybridized carbons (Fsp3) is 0.0968. The van der Waals surface area contributed by atoms with E-state index >= 15 is 4.39 Å². The average molecular weight is 533 g/mol. The van der Waals surface area contributed by atoms with E-state index in [-0.39, 0.29) is 47.0 Å². The molecular formula is C31H21FN4O4. The number of carbonyl (C=O) groups excluding carboxylic acids is 2. The zero-order valence-electron chi connectivity index (χ0n) is 21.2. The van der Waals surface area contributed by atoms with Crippen LogP contribution in [0.5, 0.6) is 5.75 Å². The Labute approximate surface area is 229 Å². The number of anilines is 4. The number of hydrogen-bond acceptors (Lipinski definition) is 8. The molecule has 1 aliphatic carbocycles. The Hall–Kier alpha value is -5.51. The molecule has 0 spiro atoms. The zero-order valence-corrected chi connectivity index (χ0v) is 21.2. The predicted molar refractivity (Wildman–Crippen MR) is 146 cm³/mol. The molecule has 0 heterocycles. The summed E-state index contributed by atoms with van der Waals surface area (Å²) >= 11 is 0. The van der Waals surface area contributed by atoms with Crippen LogP contribution in [-0.2, 0) is 4.74 Å². The summed E-state index contributed by atoms with van der Waals surface area (Å²) in [5.74, 6) is -2.17. The third kappa shape index (κ3) is 4.73. The number of carbonyl (C=O) groups is 2. The standard InChI is InChI=1S/C31H21FN4O4/c1-39-14-15-40-31-25-24(29(37)22-4-2-3-5-23(22)30(25)38)26(32)27(35-20-10-6-18(16-33)7-11-20)28(31)36-21-12-8-19(17-34)9-13-21/h2-13,35-36H,14-15H2,1H3. The summed E-state index contributed by atoms with van der Waals surface area (Å²) in [6, 6.07) is 23.1. The van der Waals surface area contributed by atoms with Gasteiger partial charge >= 0.3 is 0 Å². The number of benzene rings is 4. The summed E-state index contributed by atoms with van der Waals surface area (Å²) in [7, 11) is 1.49. The van der Waals surface area contributed by atoms with Gasteiger partial charge in [-0.05, 0) is 48.5 Å². The van der Waals surface area contributed by atoms with Gasteiger partial charge in [0.25, 0.3) is 0 Å². The van der Waals surface area contributed by atoms with Gasteiger partial charge in [-0.3, -0.25) is 9.59 Å². The minimum absolute atomic E-state index is 0.00997. The van der Waals surface area contributed by atoms with Gasteiger partial charge in [0.05, 0.1) is 41.0 Å². The molecule has 0 saturated carbocycles. The van der Waals surface area contributed by atoms with Gasteiger partial charge in [0.15, 0.2) is 23.1 Å². The first-order valence-corrected chi connectivity index (χ1v) is 12.2. The molecular weight excluding hydrogens is 511 g/mol. The molecule has 0 bridgehead atoms. The van der Waals surface area contributed by atoms with E-state index < -0.39 is 22.9 Å². The van der Waals surface area contributed by atoms with Gasteiger partial charge in [0.1, 0.15) is 18.0 Å². The fourth-order valence-electron chi connectivity index (χ4n) is 4.43. The lowest BCUT2D eigenvalue weighted by Crippen LogP contribution is -2.25. The van der Waals surface area contributed by atoms with Crippen molar-refractivity contribution < 1.29 is 23.5 Å². The van der Waals surface area contributed by atoms with Crippen molar-refractivity contribution >= 4 is 34.3 Å². The summed E-state index contributed by atoms with van der Waals surface area (Å²) in [5.41, 5.74) is 1.32. The Morgan fingerprint density at radius 1 is 0.725 bits per heavy atom. The van der Waals surface area contributed by atoms with Crippen LogP contribution in [0.2, 0.25) is 0 Å². The van der Waals surface area contributed by atoms with Crippen LogP contribution in [0.4, 0.5) is 27.1 Å². The second kappa shape index (κ2) is 11.1. The van der Waals surface area contributed by atoms with E-state index in [1.807, 2.05) is 12.1 Å². The van der Waals surface area contributed by atoms with Crippen LogP contribution in [0.1, 0.15) is 43.0 Å². The predicted octanol–water partition coefficient (Wildman–Crippen LogP) is 5.86. The Bertz CT molecular complexity index is 1720.